The maximum Gasteiger partial charge on any atom is 0.287 e. The lowest BCUT2D eigenvalue weighted by molar-refractivity contribution is 0.0898. The number of carbonyl (C=O) groups is 1. The summed E-state index contributed by atoms with van der Waals surface area (Å²) < 4.78 is 5.22. The standard InChI is InChI=1S/C11H18N2O2/c1-7(2)9(6-12)13-11(14)10-5-4-8(3)15-10/h4-5,7,9H,6,12H2,1-3H3,(H,13,14). The van der Waals surface area contributed by atoms with Gasteiger partial charge in [0.25, 0.3) is 5.91 Å². The van der Waals surface area contributed by atoms with Gasteiger partial charge in [0.15, 0.2) is 5.76 Å². The van der Waals surface area contributed by atoms with Crippen molar-refractivity contribution in [3.8, 4) is 0 Å². The summed E-state index contributed by atoms with van der Waals surface area (Å²) in [5.41, 5.74) is 5.56. The fraction of sp³-hybridized carbons (Fsp3) is 0.545. The highest BCUT2D eigenvalue weighted by atomic mass is 16.3. The third-order valence-electron chi connectivity index (χ3n) is 2.34. The van der Waals surface area contributed by atoms with Crippen LogP contribution in [0.4, 0.5) is 0 Å². The highest BCUT2D eigenvalue weighted by Crippen LogP contribution is 2.07. The first-order chi connectivity index (χ1) is 7.04. The Morgan fingerprint density at radius 2 is 2.20 bits per heavy atom. The summed E-state index contributed by atoms with van der Waals surface area (Å²) in [6.07, 6.45) is 0. The fourth-order valence-electron chi connectivity index (χ4n) is 1.29. The van der Waals surface area contributed by atoms with E-state index < -0.39 is 0 Å². The Kier molecular flexibility index (Phi) is 3.91. The average molecular weight is 210 g/mol. The van der Waals surface area contributed by atoms with E-state index in [2.05, 4.69) is 5.32 Å². The van der Waals surface area contributed by atoms with Crippen LogP contribution in [0.3, 0.4) is 0 Å². The Morgan fingerprint density at radius 3 is 2.60 bits per heavy atom. The first-order valence-corrected chi connectivity index (χ1v) is 5.12. The molecule has 1 unspecified atom stereocenters. The molecular formula is C11H18N2O2. The van der Waals surface area contributed by atoms with E-state index in [1.807, 2.05) is 13.8 Å². The second kappa shape index (κ2) is 4.98. The van der Waals surface area contributed by atoms with Crippen molar-refractivity contribution < 1.29 is 9.21 Å². The van der Waals surface area contributed by atoms with E-state index in [-0.39, 0.29) is 11.9 Å². The molecule has 0 bridgehead atoms. The van der Waals surface area contributed by atoms with E-state index in [0.717, 1.165) is 5.76 Å². The van der Waals surface area contributed by atoms with E-state index in [0.29, 0.717) is 18.2 Å². The topological polar surface area (TPSA) is 68.3 Å². The Labute approximate surface area is 89.8 Å². The molecule has 1 rings (SSSR count). The molecule has 0 aliphatic carbocycles. The van der Waals surface area contributed by atoms with Crippen molar-refractivity contribution in [2.45, 2.75) is 26.8 Å². The number of aryl methyl sites for hydroxylation is 1. The fourth-order valence-corrected chi connectivity index (χ4v) is 1.29. The first-order valence-electron chi connectivity index (χ1n) is 5.12. The molecule has 1 aromatic rings. The molecule has 4 heteroatoms. The number of nitrogens with two attached hydrogens (primary N) is 1. The number of nitrogens with one attached hydrogen (secondary N) is 1. The van der Waals surface area contributed by atoms with Crippen LogP contribution in [0.5, 0.6) is 0 Å². The zero-order valence-corrected chi connectivity index (χ0v) is 9.41. The van der Waals surface area contributed by atoms with Crippen molar-refractivity contribution in [1.29, 1.82) is 0 Å². The summed E-state index contributed by atoms with van der Waals surface area (Å²) in [6, 6.07) is 3.42. The van der Waals surface area contributed by atoms with E-state index in [1.54, 1.807) is 19.1 Å². The lowest BCUT2D eigenvalue weighted by Crippen LogP contribution is -2.43. The van der Waals surface area contributed by atoms with E-state index in [4.69, 9.17) is 10.2 Å². The van der Waals surface area contributed by atoms with Crippen LogP contribution in [0.2, 0.25) is 0 Å². The van der Waals surface area contributed by atoms with E-state index in [9.17, 15) is 4.79 Å². The molecule has 1 atom stereocenters. The van der Waals surface area contributed by atoms with Crippen LogP contribution in [0.25, 0.3) is 0 Å². The van der Waals surface area contributed by atoms with Crippen molar-refractivity contribution >= 4 is 5.91 Å². The van der Waals surface area contributed by atoms with Gasteiger partial charge in [-0.15, -0.1) is 0 Å². The second-order valence-corrected chi connectivity index (χ2v) is 3.97. The number of hydrogen-bond acceptors (Lipinski definition) is 3. The molecule has 1 aromatic heterocycles. The van der Waals surface area contributed by atoms with E-state index in [1.165, 1.54) is 0 Å². The molecule has 0 aliphatic heterocycles. The van der Waals surface area contributed by atoms with Crippen LogP contribution >= 0.6 is 0 Å². The summed E-state index contributed by atoms with van der Waals surface area (Å²) in [4.78, 5) is 11.7. The monoisotopic (exact) mass is 210 g/mol. The molecule has 15 heavy (non-hydrogen) atoms. The Bertz CT molecular complexity index is 331. The SMILES string of the molecule is Cc1ccc(C(=O)NC(CN)C(C)C)o1. The van der Waals surface area contributed by atoms with Gasteiger partial charge in [-0.3, -0.25) is 4.79 Å². The minimum Gasteiger partial charge on any atom is -0.456 e. The minimum atomic E-state index is -0.202. The van der Waals surface area contributed by atoms with Crippen molar-refractivity contribution in [2.24, 2.45) is 11.7 Å². The van der Waals surface area contributed by atoms with Gasteiger partial charge in [0.2, 0.25) is 0 Å². The molecule has 3 N–H and O–H groups in total. The number of furan rings is 1. The van der Waals surface area contributed by atoms with Gasteiger partial charge in [-0.25, -0.2) is 0 Å². The molecule has 4 nitrogen and oxygen atoms in total. The maximum absolute atomic E-state index is 11.7. The molecule has 0 saturated heterocycles. The quantitative estimate of drug-likeness (QED) is 0.787. The summed E-state index contributed by atoms with van der Waals surface area (Å²) in [5, 5.41) is 2.84. The van der Waals surface area contributed by atoms with Crippen LogP contribution in [0, 0.1) is 12.8 Å². The summed E-state index contributed by atoms with van der Waals surface area (Å²) in [5.74, 6) is 1.18. The molecular weight excluding hydrogens is 192 g/mol. The van der Waals surface area contributed by atoms with Gasteiger partial charge in [-0.2, -0.15) is 0 Å². The maximum atomic E-state index is 11.7. The van der Waals surface area contributed by atoms with Gasteiger partial charge in [-0.1, -0.05) is 13.8 Å². The zero-order chi connectivity index (χ0) is 11.4. The molecule has 0 saturated carbocycles. The normalized spacial score (nSPS) is 12.9. The molecule has 0 spiro atoms. The second-order valence-electron chi connectivity index (χ2n) is 3.97. The van der Waals surface area contributed by atoms with Gasteiger partial charge in [0.05, 0.1) is 0 Å². The van der Waals surface area contributed by atoms with Gasteiger partial charge < -0.3 is 15.5 Å². The van der Waals surface area contributed by atoms with Crippen LogP contribution in [-0.4, -0.2) is 18.5 Å². The predicted octanol–water partition coefficient (Wildman–Crippen LogP) is 1.30. The van der Waals surface area contributed by atoms with Crippen molar-refractivity contribution in [3.05, 3.63) is 23.7 Å². The zero-order valence-electron chi connectivity index (χ0n) is 9.41. The highest BCUT2D eigenvalue weighted by molar-refractivity contribution is 5.91. The van der Waals surface area contributed by atoms with Crippen LogP contribution in [0.15, 0.2) is 16.5 Å². The first kappa shape index (κ1) is 11.8. The van der Waals surface area contributed by atoms with Crippen LogP contribution in [0.1, 0.15) is 30.2 Å². The number of hydrogen-bond donors (Lipinski definition) is 2. The minimum absolute atomic E-state index is 0.0112. The average Bonchev–Trinajstić information content (AvgIpc) is 2.60. The molecule has 0 aliphatic rings. The van der Waals surface area contributed by atoms with Gasteiger partial charge >= 0.3 is 0 Å². The number of rotatable bonds is 4. The van der Waals surface area contributed by atoms with Gasteiger partial charge in [0, 0.05) is 12.6 Å². The lowest BCUT2D eigenvalue weighted by atomic mass is 10.0. The molecule has 0 fully saturated rings. The third-order valence-corrected chi connectivity index (χ3v) is 2.34. The molecule has 1 heterocycles. The third kappa shape index (κ3) is 3.09. The highest BCUT2D eigenvalue weighted by Gasteiger charge is 2.17. The van der Waals surface area contributed by atoms with Gasteiger partial charge in [0.1, 0.15) is 5.76 Å². The van der Waals surface area contributed by atoms with Crippen LogP contribution < -0.4 is 11.1 Å². The van der Waals surface area contributed by atoms with Crippen molar-refractivity contribution in [2.75, 3.05) is 6.54 Å². The number of amides is 1. The Balaban J connectivity index is 2.62. The van der Waals surface area contributed by atoms with Crippen LogP contribution in [-0.2, 0) is 0 Å². The Hall–Kier alpha value is -1.29. The summed E-state index contributed by atoms with van der Waals surface area (Å²) in [6.45, 7) is 6.28. The summed E-state index contributed by atoms with van der Waals surface area (Å²) in [7, 11) is 0. The molecule has 1 amide bonds. The summed E-state index contributed by atoms with van der Waals surface area (Å²) >= 11 is 0. The smallest absolute Gasteiger partial charge is 0.287 e. The molecule has 0 aromatic carbocycles. The Morgan fingerprint density at radius 1 is 1.53 bits per heavy atom. The van der Waals surface area contributed by atoms with E-state index >= 15 is 0 Å². The molecule has 84 valence electrons. The molecule has 0 radical (unpaired) electrons. The number of carbonyl (C=O) groups excluding carboxylic acids is 1. The predicted molar refractivity (Wildman–Crippen MR) is 58.6 cm³/mol. The lowest BCUT2D eigenvalue weighted by Gasteiger charge is -2.19. The largest absolute Gasteiger partial charge is 0.456 e. The van der Waals surface area contributed by atoms with Gasteiger partial charge in [-0.05, 0) is 25.0 Å². The van der Waals surface area contributed by atoms with Crippen molar-refractivity contribution in [1.82, 2.24) is 5.32 Å². The van der Waals surface area contributed by atoms with Crippen molar-refractivity contribution in [3.63, 3.8) is 0 Å².